The number of ether oxygens (including phenoxy) is 2. The second-order valence-electron chi connectivity index (χ2n) is 12.5. The zero-order chi connectivity index (χ0) is 35.5. The minimum Gasteiger partial charge on any atom is -0.459 e. The molecule has 0 spiro atoms. The van der Waals surface area contributed by atoms with Gasteiger partial charge in [-0.2, -0.15) is 0 Å². The SMILES string of the molecule is Cc1ccc(S(=O)(=O)NC(N)=NCCC[C@H](NC(=O)[C@H](C)NC(=O)OC(C)(C)C)C(=O)N2CCC[C@H]2C(=O)OCc2ccccc2)cc1. The number of carbonyl (C=O) groups excluding carboxylic acids is 4. The number of likely N-dealkylation sites (tertiary alicyclic amines) is 1. The number of sulfonamides is 1. The lowest BCUT2D eigenvalue weighted by molar-refractivity contribution is -0.155. The molecule has 1 saturated heterocycles. The van der Waals surface area contributed by atoms with Crippen LogP contribution in [-0.4, -0.2) is 80.0 Å². The number of nitrogens with one attached hydrogen (secondary N) is 3. The van der Waals surface area contributed by atoms with E-state index in [0.717, 1.165) is 11.1 Å². The molecule has 3 rings (SSSR count). The summed E-state index contributed by atoms with van der Waals surface area (Å²) < 4.78 is 38.2. The first-order chi connectivity index (χ1) is 22.6. The Hall–Kier alpha value is -4.66. The Morgan fingerprint density at radius 3 is 2.35 bits per heavy atom. The molecule has 48 heavy (non-hydrogen) atoms. The normalized spacial score (nSPS) is 16.4. The molecule has 0 radical (unpaired) electrons. The molecule has 3 atom stereocenters. The van der Waals surface area contributed by atoms with Gasteiger partial charge in [-0.25, -0.2) is 22.7 Å². The minimum atomic E-state index is -3.95. The quantitative estimate of drug-likeness (QED) is 0.106. The van der Waals surface area contributed by atoms with Gasteiger partial charge in [-0.05, 0) is 78.0 Å². The van der Waals surface area contributed by atoms with Crippen LogP contribution in [-0.2, 0) is 40.5 Å². The fourth-order valence-corrected chi connectivity index (χ4v) is 5.80. The monoisotopic (exact) mass is 686 g/mol. The van der Waals surface area contributed by atoms with Gasteiger partial charge in [0.1, 0.15) is 30.3 Å². The number of guanidine groups is 1. The van der Waals surface area contributed by atoms with E-state index in [9.17, 15) is 27.6 Å². The molecule has 1 fully saturated rings. The Balaban J connectivity index is 1.68. The molecule has 1 heterocycles. The van der Waals surface area contributed by atoms with Crippen LogP contribution >= 0.6 is 0 Å². The lowest BCUT2D eigenvalue weighted by Crippen LogP contribution is -2.55. The summed E-state index contributed by atoms with van der Waals surface area (Å²) >= 11 is 0. The van der Waals surface area contributed by atoms with Crippen molar-refractivity contribution < 1.29 is 37.1 Å². The van der Waals surface area contributed by atoms with Gasteiger partial charge in [0.25, 0.3) is 10.0 Å². The van der Waals surface area contributed by atoms with Crippen molar-refractivity contribution in [2.75, 3.05) is 13.1 Å². The van der Waals surface area contributed by atoms with Gasteiger partial charge in [-0.3, -0.25) is 14.6 Å². The van der Waals surface area contributed by atoms with Crippen molar-refractivity contribution in [1.82, 2.24) is 20.3 Å². The van der Waals surface area contributed by atoms with E-state index in [0.29, 0.717) is 12.8 Å². The first kappa shape index (κ1) is 37.8. The fourth-order valence-electron chi connectivity index (χ4n) is 4.85. The molecule has 262 valence electrons. The molecule has 0 bridgehead atoms. The highest BCUT2D eigenvalue weighted by atomic mass is 32.2. The van der Waals surface area contributed by atoms with Crippen LogP contribution in [0.25, 0.3) is 0 Å². The lowest BCUT2D eigenvalue weighted by atomic mass is 10.1. The van der Waals surface area contributed by atoms with Crippen LogP contribution in [0.4, 0.5) is 4.79 Å². The molecule has 2 aromatic carbocycles. The van der Waals surface area contributed by atoms with E-state index in [1.54, 1.807) is 32.9 Å². The molecule has 0 unspecified atom stereocenters. The fraction of sp³-hybridized carbons (Fsp3) is 0.485. The summed E-state index contributed by atoms with van der Waals surface area (Å²) in [5.74, 6) is -2.02. The van der Waals surface area contributed by atoms with Crippen LogP contribution in [0.15, 0.2) is 64.5 Å². The van der Waals surface area contributed by atoms with Crippen LogP contribution in [0.2, 0.25) is 0 Å². The van der Waals surface area contributed by atoms with Crippen LogP contribution in [0.5, 0.6) is 0 Å². The van der Waals surface area contributed by atoms with Gasteiger partial charge in [-0.1, -0.05) is 48.0 Å². The summed E-state index contributed by atoms with van der Waals surface area (Å²) in [6.45, 7) is 8.71. The zero-order valence-electron chi connectivity index (χ0n) is 28.0. The Morgan fingerprint density at radius 1 is 1.04 bits per heavy atom. The van der Waals surface area contributed by atoms with Gasteiger partial charge >= 0.3 is 12.1 Å². The maximum absolute atomic E-state index is 13.8. The van der Waals surface area contributed by atoms with Gasteiger partial charge < -0.3 is 30.7 Å². The number of aliphatic imine (C=N–C) groups is 1. The van der Waals surface area contributed by atoms with Gasteiger partial charge in [0, 0.05) is 13.1 Å². The van der Waals surface area contributed by atoms with E-state index in [-0.39, 0.29) is 43.4 Å². The highest BCUT2D eigenvalue weighted by Gasteiger charge is 2.39. The average molecular weight is 687 g/mol. The van der Waals surface area contributed by atoms with Crippen molar-refractivity contribution in [3.63, 3.8) is 0 Å². The first-order valence-corrected chi connectivity index (χ1v) is 17.2. The largest absolute Gasteiger partial charge is 0.459 e. The van der Waals surface area contributed by atoms with E-state index in [2.05, 4.69) is 20.3 Å². The number of carbonyl (C=O) groups is 4. The Labute approximate surface area is 281 Å². The maximum atomic E-state index is 13.8. The van der Waals surface area contributed by atoms with Crippen LogP contribution in [0, 0.1) is 6.92 Å². The number of nitrogens with zero attached hydrogens (tertiary/aromatic N) is 2. The van der Waals surface area contributed by atoms with E-state index in [1.807, 2.05) is 37.3 Å². The predicted octanol–water partition coefficient (Wildman–Crippen LogP) is 2.50. The first-order valence-electron chi connectivity index (χ1n) is 15.8. The number of benzene rings is 2. The third kappa shape index (κ3) is 11.9. The van der Waals surface area contributed by atoms with E-state index in [1.165, 1.54) is 24.0 Å². The van der Waals surface area contributed by atoms with Crippen molar-refractivity contribution in [1.29, 1.82) is 0 Å². The highest BCUT2D eigenvalue weighted by Crippen LogP contribution is 2.21. The molecule has 1 aliphatic heterocycles. The summed E-state index contributed by atoms with van der Waals surface area (Å²) in [7, 11) is -3.95. The van der Waals surface area contributed by atoms with Gasteiger partial charge in [0.2, 0.25) is 17.8 Å². The van der Waals surface area contributed by atoms with E-state index >= 15 is 0 Å². The zero-order valence-corrected chi connectivity index (χ0v) is 28.8. The van der Waals surface area contributed by atoms with Crippen molar-refractivity contribution in [2.45, 2.75) is 95.5 Å². The molecular formula is C33H46N6O8S. The number of alkyl carbamates (subject to hydrolysis) is 1. The van der Waals surface area contributed by atoms with Crippen molar-refractivity contribution in [3.8, 4) is 0 Å². The van der Waals surface area contributed by atoms with E-state index < -0.39 is 57.6 Å². The molecule has 0 saturated carbocycles. The Bertz CT molecular complexity index is 1560. The number of rotatable bonds is 13. The molecule has 1 aliphatic rings. The van der Waals surface area contributed by atoms with Crippen LogP contribution in [0.3, 0.4) is 0 Å². The van der Waals surface area contributed by atoms with Crippen molar-refractivity contribution in [2.24, 2.45) is 10.7 Å². The van der Waals surface area contributed by atoms with Gasteiger partial charge in [0.15, 0.2) is 0 Å². The molecule has 14 nitrogen and oxygen atoms in total. The molecule has 15 heteroatoms. The number of amides is 3. The Morgan fingerprint density at radius 2 is 1.71 bits per heavy atom. The topological polar surface area (TPSA) is 199 Å². The van der Waals surface area contributed by atoms with Crippen molar-refractivity contribution >= 4 is 39.9 Å². The third-order valence-corrected chi connectivity index (χ3v) is 8.65. The number of hydrogen-bond donors (Lipinski definition) is 4. The third-order valence-electron chi connectivity index (χ3n) is 7.28. The van der Waals surface area contributed by atoms with Crippen LogP contribution < -0.4 is 21.1 Å². The number of aryl methyl sites for hydroxylation is 1. The number of nitrogens with two attached hydrogens (primary N) is 1. The lowest BCUT2D eigenvalue weighted by Gasteiger charge is -2.29. The molecule has 0 aromatic heterocycles. The summed E-state index contributed by atoms with van der Waals surface area (Å²) in [6.07, 6.45) is 0.461. The van der Waals surface area contributed by atoms with Crippen molar-refractivity contribution in [3.05, 3.63) is 65.7 Å². The molecular weight excluding hydrogens is 640 g/mol. The molecule has 2 aromatic rings. The highest BCUT2D eigenvalue weighted by molar-refractivity contribution is 7.90. The summed E-state index contributed by atoms with van der Waals surface area (Å²) in [5.41, 5.74) is 6.76. The summed E-state index contributed by atoms with van der Waals surface area (Å²) in [5, 5.41) is 5.14. The molecule has 3 amide bonds. The minimum absolute atomic E-state index is 0.0240. The summed E-state index contributed by atoms with van der Waals surface area (Å²) in [6, 6.07) is 12.4. The van der Waals surface area contributed by atoms with Gasteiger partial charge in [0.05, 0.1) is 4.90 Å². The smallest absolute Gasteiger partial charge is 0.408 e. The maximum Gasteiger partial charge on any atom is 0.408 e. The Kier molecular flexibility index (Phi) is 13.3. The number of esters is 1. The predicted molar refractivity (Wildman–Crippen MR) is 179 cm³/mol. The average Bonchev–Trinajstić information content (AvgIpc) is 3.50. The molecule has 0 aliphatic carbocycles. The van der Waals surface area contributed by atoms with Gasteiger partial charge in [-0.15, -0.1) is 0 Å². The summed E-state index contributed by atoms with van der Waals surface area (Å²) in [4.78, 5) is 57.8. The standard InChI is InChI=1S/C33H46N6O8S/c1-22-15-17-25(18-16-22)48(44,45)38-31(34)35-19-9-13-26(37-28(40)23(2)36-32(43)47-33(3,4)5)29(41)39-20-10-14-27(39)30(42)46-21-24-11-7-6-8-12-24/h6-8,11-12,15-18,23,26-27H,9-10,13-14,19-21H2,1-5H3,(H,36,43)(H,37,40)(H3,34,35,38)/t23-,26-,27-/m0/s1. The number of hydrogen-bond acceptors (Lipinski definition) is 9. The second kappa shape index (κ2) is 16.9. The van der Waals surface area contributed by atoms with E-state index in [4.69, 9.17) is 15.2 Å². The second-order valence-corrected chi connectivity index (χ2v) is 14.2. The van der Waals surface area contributed by atoms with Crippen LogP contribution in [0.1, 0.15) is 64.5 Å². The molecule has 5 N–H and O–H groups in total.